The van der Waals surface area contributed by atoms with Crippen LogP contribution in [0.15, 0.2) is 29.2 Å². The lowest BCUT2D eigenvalue weighted by atomic mass is 10.1. The molecule has 5 rings (SSSR count). The van der Waals surface area contributed by atoms with Gasteiger partial charge >= 0.3 is 0 Å². The predicted octanol–water partition coefficient (Wildman–Crippen LogP) is 1.69. The fourth-order valence-corrected chi connectivity index (χ4v) is 4.38. The highest BCUT2D eigenvalue weighted by molar-refractivity contribution is 7.21. The van der Waals surface area contributed by atoms with Crippen LogP contribution in [-0.2, 0) is 7.05 Å². The number of benzene rings is 1. The lowest BCUT2D eigenvalue weighted by molar-refractivity contribution is 0.313. The number of thiazole rings is 1. The molecule has 3 aromatic heterocycles. The first-order valence-corrected chi connectivity index (χ1v) is 9.66. The molecular weight excluding hydrogens is 362 g/mol. The molecule has 138 valence electrons. The Hall–Kier alpha value is -2.78. The number of aryl methyl sites for hydroxylation is 1. The third-order valence-corrected chi connectivity index (χ3v) is 5.93. The van der Waals surface area contributed by atoms with Gasteiger partial charge in [-0.25, -0.2) is 9.97 Å². The molecule has 0 bridgehead atoms. The van der Waals surface area contributed by atoms with Crippen LogP contribution < -0.4 is 10.5 Å². The van der Waals surface area contributed by atoms with Crippen molar-refractivity contribution in [3.05, 3.63) is 34.7 Å². The molecular formula is C18H19N7OS. The number of piperazine rings is 1. The first kappa shape index (κ1) is 16.4. The Morgan fingerprint density at radius 3 is 2.74 bits per heavy atom. The lowest BCUT2D eigenvalue weighted by Gasteiger charge is -2.31. The van der Waals surface area contributed by atoms with Crippen molar-refractivity contribution in [1.29, 1.82) is 0 Å². The summed E-state index contributed by atoms with van der Waals surface area (Å²) in [6, 6.07) is 5.87. The third kappa shape index (κ3) is 2.88. The molecule has 0 unspecified atom stereocenters. The number of H-pyrrole nitrogens is 1. The molecule has 1 aliphatic heterocycles. The number of likely N-dealkylation sites (N-methyl/N-ethyl adjacent to an activating group) is 1. The van der Waals surface area contributed by atoms with Crippen LogP contribution in [0.2, 0.25) is 0 Å². The third-order valence-electron chi connectivity index (χ3n) is 4.92. The van der Waals surface area contributed by atoms with E-state index < -0.39 is 0 Å². The number of anilines is 1. The molecule has 1 aliphatic rings. The molecule has 1 N–H and O–H groups in total. The predicted molar refractivity (Wildman–Crippen MR) is 107 cm³/mol. The quantitative estimate of drug-likeness (QED) is 0.569. The number of aromatic amines is 1. The summed E-state index contributed by atoms with van der Waals surface area (Å²) in [5.41, 5.74) is 2.00. The second-order valence-electron chi connectivity index (χ2n) is 6.93. The highest BCUT2D eigenvalue weighted by Gasteiger charge is 2.20. The second kappa shape index (κ2) is 6.14. The minimum absolute atomic E-state index is 0.196. The van der Waals surface area contributed by atoms with E-state index in [4.69, 9.17) is 0 Å². The first-order valence-electron chi connectivity index (χ1n) is 8.85. The Morgan fingerprint density at radius 2 is 1.93 bits per heavy atom. The molecule has 27 heavy (non-hydrogen) atoms. The molecule has 1 aromatic carbocycles. The molecule has 0 amide bonds. The molecule has 0 atom stereocenters. The number of rotatable bonds is 2. The van der Waals surface area contributed by atoms with Gasteiger partial charge in [-0.05, 0) is 25.2 Å². The number of hydrogen-bond donors (Lipinski definition) is 1. The molecule has 1 fully saturated rings. The lowest BCUT2D eigenvalue weighted by Crippen LogP contribution is -2.44. The van der Waals surface area contributed by atoms with E-state index in [0.717, 1.165) is 47.8 Å². The fraction of sp³-hybridized carbons (Fsp3) is 0.333. The van der Waals surface area contributed by atoms with Crippen molar-refractivity contribution in [3.8, 4) is 11.4 Å². The van der Waals surface area contributed by atoms with Crippen molar-refractivity contribution in [3.63, 3.8) is 0 Å². The maximum Gasteiger partial charge on any atom is 0.278 e. The molecule has 8 nitrogen and oxygen atoms in total. The van der Waals surface area contributed by atoms with Crippen molar-refractivity contribution in [1.82, 2.24) is 29.6 Å². The molecule has 0 aliphatic carbocycles. The molecule has 4 heterocycles. The van der Waals surface area contributed by atoms with Gasteiger partial charge in [0.25, 0.3) is 5.56 Å². The Balaban J connectivity index is 1.56. The summed E-state index contributed by atoms with van der Waals surface area (Å²) in [5, 5.41) is 6.27. The first-order chi connectivity index (χ1) is 13.1. The van der Waals surface area contributed by atoms with Crippen LogP contribution in [0.3, 0.4) is 0 Å². The Labute approximate surface area is 159 Å². The van der Waals surface area contributed by atoms with Crippen LogP contribution in [0.25, 0.3) is 32.6 Å². The van der Waals surface area contributed by atoms with E-state index in [9.17, 15) is 4.79 Å². The average Bonchev–Trinajstić information content (AvgIpc) is 3.24. The van der Waals surface area contributed by atoms with Gasteiger partial charge < -0.3 is 14.8 Å². The summed E-state index contributed by atoms with van der Waals surface area (Å²) in [5.74, 6) is 0.562. The maximum atomic E-state index is 12.6. The summed E-state index contributed by atoms with van der Waals surface area (Å²) >= 11 is 1.48. The normalized spacial score (nSPS) is 15.9. The standard InChI is InChI=1S/C18H19N7OS/c1-23-5-7-25(8-6-23)18-19-14-16(26)20-15(21-17(14)27-18)11-3-4-13-12(9-11)10-24(2)22-13/h3-4,9-10H,5-8H2,1-2H3,(H,20,21,26). The van der Waals surface area contributed by atoms with Crippen LogP contribution >= 0.6 is 11.3 Å². The van der Waals surface area contributed by atoms with Gasteiger partial charge in [-0.15, -0.1) is 0 Å². The van der Waals surface area contributed by atoms with Gasteiger partial charge in [-0.3, -0.25) is 9.48 Å². The van der Waals surface area contributed by atoms with Crippen LogP contribution in [0.5, 0.6) is 0 Å². The highest BCUT2D eigenvalue weighted by Crippen LogP contribution is 2.28. The number of nitrogens with one attached hydrogen (secondary N) is 1. The van der Waals surface area contributed by atoms with Crippen molar-refractivity contribution in [2.75, 3.05) is 38.1 Å². The summed E-state index contributed by atoms with van der Waals surface area (Å²) in [6.45, 7) is 3.82. The summed E-state index contributed by atoms with van der Waals surface area (Å²) in [6.07, 6.45) is 1.95. The topological polar surface area (TPSA) is 82.9 Å². The van der Waals surface area contributed by atoms with Crippen molar-refractivity contribution >= 4 is 37.7 Å². The van der Waals surface area contributed by atoms with Gasteiger partial charge in [-0.2, -0.15) is 5.10 Å². The van der Waals surface area contributed by atoms with Gasteiger partial charge in [0.1, 0.15) is 5.82 Å². The van der Waals surface area contributed by atoms with E-state index in [1.807, 2.05) is 31.4 Å². The Kier molecular flexibility index (Phi) is 3.73. The van der Waals surface area contributed by atoms with Gasteiger partial charge in [0.05, 0.1) is 5.52 Å². The molecule has 4 aromatic rings. The van der Waals surface area contributed by atoms with Crippen LogP contribution in [0.1, 0.15) is 0 Å². The highest BCUT2D eigenvalue weighted by atomic mass is 32.1. The van der Waals surface area contributed by atoms with E-state index in [1.54, 1.807) is 4.68 Å². The van der Waals surface area contributed by atoms with Gasteiger partial charge in [0, 0.05) is 50.4 Å². The fourth-order valence-electron chi connectivity index (χ4n) is 3.39. The molecule has 0 spiro atoms. The van der Waals surface area contributed by atoms with Gasteiger partial charge in [0.15, 0.2) is 15.5 Å². The zero-order chi connectivity index (χ0) is 18.5. The SMILES string of the molecule is CN1CCN(c2nc3c(=O)[nH]c(-c4ccc5nn(C)cc5c4)nc3s2)CC1. The number of nitrogens with zero attached hydrogens (tertiary/aromatic N) is 6. The van der Waals surface area contributed by atoms with Crippen molar-refractivity contribution in [2.24, 2.45) is 7.05 Å². The molecule has 1 saturated heterocycles. The van der Waals surface area contributed by atoms with E-state index in [2.05, 4.69) is 36.9 Å². The minimum Gasteiger partial charge on any atom is -0.345 e. The number of hydrogen-bond acceptors (Lipinski definition) is 7. The zero-order valence-corrected chi connectivity index (χ0v) is 16.0. The molecule has 9 heteroatoms. The van der Waals surface area contributed by atoms with E-state index in [1.165, 1.54) is 11.3 Å². The van der Waals surface area contributed by atoms with E-state index >= 15 is 0 Å². The van der Waals surface area contributed by atoms with E-state index in [-0.39, 0.29) is 5.56 Å². The van der Waals surface area contributed by atoms with Gasteiger partial charge in [-0.1, -0.05) is 11.3 Å². The van der Waals surface area contributed by atoms with Crippen LogP contribution in [-0.4, -0.2) is 62.9 Å². The van der Waals surface area contributed by atoms with Crippen LogP contribution in [0, 0.1) is 0 Å². The minimum atomic E-state index is -0.196. The summed E-state index contributed by atoms with van der Waals surface area (Å²) in [7, 11) is 4.01. The van der Waals surface area contributed by atoms with E-state index in [0.29, 0.717) is 16.2 Å². The molecule has 0 saturated carbocycles. The molecule has 0 radical (unpaired) electrons. The van der Waals surface area contributed by atoms with Crippen molar-refractivity contribution in [2.45, 2.75) is 0 Å². The van der Waals surface area contributed by atoms with Crippen LogP contribution in [0.4, 0.5) is 5.13 Å². The number of fused-ring (bicyclic) bond motifs is 2. The smallest absolute Gasteiger partial charge is 0.278 e. The van der Waals surface area contributed by atoms with Gasteiger partial charge in [0.2, 0.25) is 0 Å². The Morgan fingerprint density at radius 1 is 1.11 bits per heavy atom. The van der Waals surface area contributed by atoms with Crippen molar-refractivity contribution < 1.29 is 0 Å². The monoisotopic (exact) mass is 381 g/mol. The average molecular weight is 381 g/mol. The maximum absolute atomic E-state index is 12.6. The largest absolute Gasteiger partial charge is 0.345 e. The summed E-state index contributed by atoms with van der Waals surface area (Å²) in [4.78, 5) is 29.9. The summed E-state index contributed by atoms with van der Waals surface area (Å²) < 4.78 is 1.78. The number of aromatic nitrogens is 5. The second-order valence-corrected chi connectivity index (χ2v) is 7.89. The Bertz CT molecular complexity index is 1200. The zero-order valence-electron chi connectivity index (χ0n) is 15.1.